The topological polar surface area (TPSA) is 36.1 Å². The van der Waals surface area contributed by atoms with Gasteiger partial charge in [-0.05, 0) is 19.2 Å². The van der Waals surface area contributed by atoms with Gasteiger partial charge < -0.3 is 16.0 Å². The van der Waals surface area contributed by atoms with E-state index in [2.05, 4.69) is 22.9 Å². The van der Waals surface area contributed by atoms with Gasteiger partial charge in [-0.3, -0.25) is 0 Å². The van der Waals surface area contributed by atoms with Crippen LogP contribution in [0.1, 0.15) is 27.2 Å². The van der Waals surface area contributed by atoms with Crippen molar-refractivity contribution < 1.29 is 0 Å². The molecule has 0 radical (unpaired) electrons. The average Bonchev–Trinajstić information content (AvgIpc) is 2.40. The van der Waals surface area contributed by atoms with Gasteiger partial charge in [0.2, 0.25) is 0 Å². The van der Waals surface area contributed by atoms with E-state index in [-0.39, 0.29) is 0 Å². The third-order valence-corrected chi connectivity index (χ3v) is 2.99. The van der Waals surface area contributed by atoms with Gasteiger partial charge in [0.25, 0.3) is 0 Å². The van der Waals surface area contributed by atoms with Gasteiger partial charge in [0, 0.05) is 38.5 Å². The Morgan fingerprint density at radius 2 is 1.50 bits per heavy atom. The van der Waals surface area contributed by atoms with Gasteiger partial charge in [-0.1, -0.05) is 20.8 Å². The van der Waals surface area contributed by atoms with E-state index in [0.29, 0.717) is 0 Å². The van der Waals surface area contributed by atoms with Crippen LogP contribution in [-0.4, -0.2) is 51.3 Å². The van der Waals surface area contributed by atoms with Crippen LogP contribution in [0.5, 0.6) is 0 Å². The van der Waals surface area contributed by atoms with Gasteiger partial charge in [-0.25, -0.2) is 0 Å². The standard InChI is InChI=1S/C6H15NS.C4H10N2.C2H6/c1-3-5-8-6-4-7-2;1-2-6-4-3-5-1;1-2/h7H,3-6H2,1-2H3;5-6H,1-4H2;1-2H3. The second-order valence-corrected chi connectivity index (χ2v) is 4.44. The number of rotatable bonds is 5. The van der Waals surface area contributed by atoms with Crippen LogP contribution in [0.4, 0.5) is 0 Å². The molecule has 0 amide bonds. The first-order valence-corrected chi connectivity index (χ1v) is 7.71. The Kier molecular flexibility index (Phi) is 24.0. The highest BCUT2D eigenvalue weighted by atomic mass is 32.2. The Morgan fingerprint density at radius 3 is 1.81 bits per heavy atom. The minimum absolute atomic E-state index is 1.14. The zero-order valence-corrected chi connectivity index (χ0v) is 12.4. The summed E-state index contributed by atoms with van der Waals surface area (Å²) in [6, 6.07) is 0. The first-order chi connectivity index (χ1) is 7.91. The van der Waals surface area contributed by atoms with Crippen LogP contribution >= 0.6 is 11.8 Å². The van der Waals surface area contributed by atoms with Crippen LogP contribution in [-0.2, 0) is 0 Å². The Balaban J connectivity index is 0. The minimum Gasteiger partial charge on any atom is -0.319 e. The minimum atomic E-state index is 1.14. The fourth-order valence-corrected chi connectivity index (χ4v) is 1.87. The molecule has 16 heavy (non-hydrogen) atoms. The third kappa shape index (κ3) is 19.7. The summed E-state index contributed by atoms with van der Waals surface area (Å²) in [5.41, 5.74) is 0. The van der Waals surface area contributed by atoms with Crippen molar-refractivity contribution in [2.24, 2.45) is 0 Å². The maximum atomic E-state index is 3.22. The second-order valence-electron chi connectivity index (χ2n) is 3.22. The van der Waals surface area contributed by atoms with Gasteiger partial charge in [0.05, 0.1) is 0 Å². The average molecular weight is 249 g/mol. The fourth-order valence-electron chi connectivity index (χ4n) is 1.02. The Labute approximate surface area is 107 Å². The first-order valence-electron chi connectivity index (χ1n) is 6.55. The second kappa shape index (κ2) is 20.6. The number of hydrogen-bond acceptors (Lipinski definition) is 4. The maximum absolute atomic E-state index is 3.22. The van der Waals surface area contributed by atoms with Crippen molar-refractivity contribution in [2.75, 3.05) is 51.3 Å². The molecule has 0 aromatic heterocycles. The SMILES string of the molecule is C1CNCCN1.CC.CCCSCCNC. The number of piperazine rings is 1. The van der Waals surface area contributed by atoms with E-state index in [1.807, 2.05) is 32.7 Å². The molecule has 100 valence electrons. The highest BCUT2D eigenvalue weighted by molar-refractivity contribution is 7.99. The van der Waals surface area contributed by atoms with E-state index < -0.39 is 0 Å². The molecule has 1 aliphatic heterocycles. The summed E-state index contributed by atoms with van der Waals surface area (Å²) in [6.07, 6.45) is 1.30. The predicted molar refractivity (Wildman–Crippen MR) is 78.6 cm³/mol. The summed E-state index contributed by atoms with van der Waals surface area (Å²) < 4.78 is 0. The van der Waals surface area contributed by atoms with Crippen molar-refractivity contribution in [1.29, 1.82) is 0 Å². The number of hydrogen-bond donors (Lipinski definition) is 3. The molecule has 0 saturated carbocycles. The zero-order valence-electron chi connectivity index (χ0n) is 11.6. The summed E-state index contributed by atoms with van der Waals surface area (Å²) in [5.74, 6) is 2.56. The van der Waals surface area contributed by atoms with Crippen LogP contribution in [0.25, 0.3) is 0 Å². The molecule has 4 heteroatoms. The lowest BCUT2D eigenvalue weighted by Crippen LogP contribution is -2.39. The highest BCUT2D eigenvalue weighted by Gasteiger charge is 1.91. The van der Waals surface area contributed by atoms with Gasteiger partial charge in [0.1, 0.15) is 0 Å². The normalized spacial score (nSPS) is 14.2. The van der Waals surface area contributed by atoms with Gasteiger partial charge in [-0.2, -0.15) is 11.8 Å². The van der Waals surface area contributed by atoms with E-state index in [4.69, 9.17) is 0 Å². The number of nitrogens with one attached hydrogen (secondary N) is 3. The first kappa shape index (κ1) is 18.6. The van der Waals surface area contributed by atoms with E-state index in [9.17, 15) is 0 Å². The van der Waals surface area contributed by atoms with Crippen molar-refractivity contribution in [3.05, 3.63) is 0 Å². The maximum Gasteiger partial charge on any atom is 0.00772 e. The molecule has 0 aromatic carbocycles. The smallest absolute Gasteiger partial charge is 0.00772 e. The summed E-state index contributed by atoms with van der Waals surface area (Å²) in [7, 11) is 1.99. The molecule has 1 rings (SSSR count). The lowest BCUT2D eigenvalue weighted by molar-refractivity contribution is 0.534. The number of thioether (sulfide) groups is 1. The third-order valence-electron chi connectivity index (χ3n) is 1.80. The van der Waals surface area contributed by atoms with Crippen LogP contribution in [0.3, 0.4) is 0 Å². The zero-order chi connectivity index (χ0) is 12.5. The van der Waals surface area contributed by atoms with Crippen molar-refractivity contribution in [3.63, 3.8) is 0 Å². The molecule has 3 nitrogen and oxygen atoms in total. The largest absolute Gasteiger partial charge is 0.319 e. The Morgan fingerprint density at radius 1 is 1.00 bits per heavy atom. The van der Waals surface area contributed by atoms with Gasteiger partial charge in [0.15, 0.2) is 0 Å². The highest BCUT2D eigenvalue weighted by Crippen LogP contribution is 1.98. The summed E-state index contributed by atoms with van der Waals surface area (Å²) in [4.78, 5) is 0. The van der Waals surface area contributed by atoms with Gasteiger partial charge >= 0.3 is 0 Å². The van der Waals surface area contributed by atoms with Crippen molar-refractivity contribution in [1.82, 2.24) is 16.0 Å². The molecule has 0 spiro atoms. The molecular formula is C12H31N3S. The lowest BCUT2D eigenvalue weighted by Gasteiger charge is -2.11. The molecule has 3 N–H and O–H groups in total. The molecular weight excluding hydrogens is 218 g/mol. The molecule has 1 aliphatic rings. The van der Waals surface area contributed by atoms with Crippen LogP contribution < -0.4 is 16.0 Å². The summed E-state index contributed by atoms with van der Waals surface area (Å²) in [6.45, 7) is 11.9. The van der Waals surface area contributed by atoms with E-state index in [0.717, 1.165) is 32.7 Å². The quantitative estimate of drug-likeness (QED) is 0.646. The Hall–Kier alpha value is 0.230. The molecule has 0 unspecified atom stereocenters. The van der Waals surface area contributed by atoms with Crippen LogP contribution in [0, 0.1) is 0 Å². The monoisotopic (exact) mass is 249 g/mol. The van der Waals surface area contributed by atoms with Crippen molar-refractivity contribution in [2.45, 2.75) is 27.2 Å². The van der Waals surface area contributed by atoms with E-state index >= 15 is 0 Å². The molecule has 1 heterocycles. The fraction of sp³-hybridized carbons (Fsp3) is 1.00. The van der Waals surface area contributed by atoms with E-state index in [1.165, 1.54) is 17.9 Å². The van der Waals surface area contributed by atoms with Gasteiger partial charge in [-0.15, -0.1) is 0 Å². The molecule has 0 bridgehead atoms. The predicted octanol–water partition coefficient (Wildman–Crippen LogP) is 1.55. The Bertz CT molecular complexity index is 80.8. The molecule has 1 fully saturated rings. The van der Waals surface area contributed by atoms with Crippen LogP contribution in [0.2, 0.25) is 0 Å². The molecule has 1 saturated heterocycles. The van der Waals surface area contributed by atoms with Crippen LogP contribution in [0.15, 0.2) is 0 Å². The molecule has 0 atom stereocenters. The summed E-state index contributed by atoms with van der Waals surface area (Å²) >= 11 is 2.02. The lowest BCUT2D eigenvalue weighted by atomic mass is 10.4. The van der Waals surface area contributed by atoms with Crippen molar-refractivity contribution >= 4 is 11.8 Å². The molecule has 0 aromatic rings. The summed E-state index contributed by atoms with van der Waals surface area (Å²) in [5, 5.41) is 9.55. The van der Waals surface area contributed by atoms with Crippen molar-refractivity contribution in [3.8, 4) is 0 Å². The molecule has 0 aliphatic carbocycles. The van der Waals surface area contributed by atoms with E-state index in [1.54, 1.807) is 0 Å².